The molecular formula is C18H27NO3. The highest BCUT2D eigenvalue weighted by molar-refractivity contribution is 5.43. The van der Waals surface area contributed by atoms with Crippen LogP contribution in [0.2, 0.25) is 0 Å². The molecule has 1 fully saturated rings. The Morgan fingerprint density at radius 1 is 1.27 bits per heavy atom. The number of ether oxygens (including phenoxy) is 2. The Bertz CT molecular complexity index is 499. The zero-order chi connectivity index (χ0) is 15.5. The quantitative estimate of drug-likeness (QED) is 0.928. The fourth-order valence-electron chi connectivity index (χ4n) is 3.72. The number of aliphatic hydroxyl groups excluding tert-OH is 1. The Balaban J connectivity index is 1.77. The van der Waals surface area contributed by atoms with E-state index >= 15 is 0 Å². The van der Waals surface area contributed by atoms with Gasteiger partial charge in [0.2, 0.25) is 0 Å². The average molecular weight is 305 g/mol. The highest BCUT2D eigenvalue weighted by Crippen LogP contribution is 2.38. The first-order chi connectivity index (χ1) is 10.7. The van der Waals surface area contributed by atoms with E-state index in [4.69, 9.17) is 9.47 Å². The normalized spacial score (nSPS) is 25.6. The predicted octanol–water partition coefficient (Wildman–Crippen LogP) is 3.14. The largest absolute Gasteiger partial charge is 0.494 e. The van der Waals surface area contributed by atoms with Crippen molar-refractivity contribution < 1.29 is 14.6 Å². The van der Waals surface area contributed by atoms with Crippen molar-refractivity contribution in [1.29, 1.82) is 0 Å². The molecule has 2 unspecified atom stereocenters. The van der Waals surface area contributed by atoms with Gasteiger partial charge in [0.25, 0.3) is 0 Å². The molecule has 1 aliphatic carbocycles. The molecule has 1 aliphatic heterocycles. The topological polar surface area (TPSA) is 41.9 Å². The lowest BCUT2D eigenvalue weighted by Gasteiger charge is -2.41. The Labute approximate surface area is 133 Å². The number of fused-ring (bicyclic) bond motifs is 1. The average Bonchev–Trinajstić information content (AvgIpc) is 2.56. The summed E-state index contributed by atoms with van der Waals surface area (Å²) in [4.78, 5) is 2.33. The van der Waals surface area contributed by atoms with Gasteiger partial charge in [-0.15, -0.1) is 0 Å². The molecular weight excluding hydrogens is 278 g/mol. The summed E-state index contributed by atoms with van der Waals surface area (Å²) in [5.74, 6) is 1.58. The van der Waals surface area contributed by atoms with Gasteiger partial charge >= 0.3 is 0 Å². The Morgan fingerprint density at radius 3 is 2.77 bits per heavy atom. The Morgan fingerprint density at radius 2 is 2.05 bits per heavy atom. The molecule has 1 N–H and O–H groups in total. The summed E-state index contributed by atoms with van der Waals surface area (Å²) >= 11 is 0. The lowest BCUT2D eigenvalue weighted by Crippen LogP contribution is -2.49. The zero-order valence-electron chi connectivity index (χ0n) is 13.6. The van der Waals surface area contributed by atoms with E-state index in [-0.39, 0.29) is 6.04 Å². The number of rotatable bonds is 4. The summed E-state index contributed by atoms with van der Waals surface area (Å²) in [6, 6.07) is 6.31. The van der Waals surface area contributed by atoms with E-state index in [0.29, 0.717) is 19.3 Å². The minimum absolute atomic E-state index is 0.0208. The highest BCUT2D eigenvalue weighted by atomic mass is 16.5. The van der Waals surface area contributed by atoms with Gasteiger partial charge in [-0.2, -0.15) is 0 Å². The SMILES string of the molecule is CCOc1ccc2c(c1)C(O)C(N(C)C1CCCCC1)CO2. The van der Waals surface area contributed by atoms with Crippen molar-refractivity contribution in [3.63, 3.8) is 0 Å². The van der Waals surface area contributed by atoms with Crippen LogP contribution in [0, 0.1) is 0 Å². The van der Waals surface area contributed by atoms with Gasteiger partial charge in [-0.1, -0.05) is 19.3 Å². The second kappa shape index (κ2) is 6.88. The van der Waals surface area contributed by atoms with Gasteiger partial charge in [-0.05, 0) is 45.0 Å². The van der Waals surface area contributed by atoms with E-state index in [9.17, 15) is 5.11 Å². The standard InChI is InChI=1S/C18H27NO3/c1-3-21-14-9-10-17-15(11-14)18(20)16(12-22-17)19(2)13-7-5-4-6-8-13/h9-11,13,16,18,20H,3-8,12H2,1-2H3. The van der Waals surface area contributed by atoms with Crippen LogP contribution < -0.4 is 9.47 Å². The molecule has 4 nitrogen and oxygen atoms in total. The molecule has 1 aromatic carbocycles. The molecule has 0 radical (unpaired) electrons. The third kappa shape index (κ3) is 3.08. The van der Waals surface area contributed by atoms with Crippen molar-refractivity contribution in [1.82, 2.24) is 4.90 Å². The van der Waals surface area contributed by atoms with Crippen LogP contribution in [-0.4, -0.2) is 42.4 Å². The van der Waals surface area contributed by atoms with Crippen molar-refractivity contribution in [3.8, 4) is 11.5 Å². The molecule has 4 heteroatoms. The summed E-state index contributed by atoms with van der Waals surface area (Å²) in [6.07, 6.45) is 5.87. The molecule has 2 atom stereocenters. The maximum absolute atomic E-state index is 10.8. The van der Waals surface area contributed by atoms with Gasteiger partial charge in [0.05, 0.1) is 12.6 Å². The summed E-state index contributed by atoms with van der Waals surface area (Å²) < 4.78 is 11.4. The van der Waals surface area contributed by atoms with Crippen LogP contribution in [0.3, 0.4) is 0 Å². The van der Waals surface area contributed by atoms with Gasteiger partial charge in [0, 0.05) is 11.6 Å². The van der Waals surface area contributed by atoms with Crippen LogP contribution in [0.25, 0.3) is 0 Å². The lowest BCUT2D eigenvalue weighted by atomic mass is 9.91. The minimum atomic E-state index is -0.518. The van der Waals surface area contributed by atoms with Crippen molar-refractivity contribution >= 4 is 0 Å². The van der Waals surface area contributed by atoms with Crippen LogP contribution in [-0.2, 0) is 0 Å². The number of benzene rings is 1. The van der Waals surface area contributed by atoms with E-state index in [1.165, 1.54) is 32.1 Å². The summed E-state index contributed by atoms with van der Waals surface area (Å²) in [5.41, 5.74) is 0.852. The molecule has 22 heavy (non-hydrogen) atoms. The number of hydrogen-bond donors (Lipinski definition) is 1. The van der Waals surface area contributed by atoms with Crippen LogP contribution in [0.5, 0.6) is 11.5 Å². The van der Waals surface area contributed by atoms with Crippen molar-refractivity contribution in [3.05, 3.63) is 23.8 Å². The smallest absolute Gasteiger partial charge is 0.125 e. The van der Waals surface area contributed by atoms with Crippen LogP contribution in [0.15, 0.2) is 18.2 Å². The maximum atomic E-state index is 10.8. The molecule has 1 saturated carbocycles. The molecule has 1 heterocycles. The first kappa shape index (κ1) is 15.6. The van der Waals surface area contributed by atoms with Crippen LogP contribution >= 0.6 is 0 Å². The fraction of sp³-hybridized carbons (Fsp3) is 0.667. The Hall–Kier alpha value is -1.26. The van der Waals surface area contributed by atoms with E-state index in [0.717, 1.165) is 17.1 Å². The molecule has 0 bridgehead atoms. The van der Waals surface area contributed by atoms with Crippen molar-refractivity contribution in [2.45, 2.75) is 57.2 Å². The van der Waals surface area contributed by atoms with Crippen LogP contribution in [0.4, 0.5) is 0 Å². The fourth-order valence-corrected chi connectivity index (χ4v) is 3.72. The van der Waals surface area contributed by atoms with Crippen molar-refractivity contribution in [2.24, 2.45) is 0 Å². The van der Waals surface area contributed by atoms with E-state index < -0.39 is 6.10 Å². The number of nitrogens with zero attached hydrogens (tertiary/aromatic N) is 1. The Kier molecular flexibility index (Phi) is 4.89. The first-order valence-electron chi connectivity index (χ1n) is 8.50. The number of hydrogen-bond acceptors (Lipinski definition) is 4. The number of likely N-dealkylation sites (N-methyl/N-ethyl adjacent to an activating group) is 1. The van der Waals surface area contributed by atoms with E-state index in [1.807, 2.05) is 25.1 Å². The molecule has 122 valence electrons. The van der Waals surface area contributed by atoms with Gasteiger partial charge in [-0.25, -0.2) is 0 Å². The lowest BCUT2D eigenvalue weighted by molar-refractivity contribution is -0.0101. The number of aliphatic hydroxyl groups is 1. The van der Waals surface area contributed by atoms with E-state index in [2.05, 4.69) is 11.9 Å². The predicted molar refractivity (Wildman–Crippen MR) is 86.5 cm³/mol. The monoisotopic (exact) mass is 305 g/mol. The van der Waals surface area contributed by atoms with Gasteiger partial charge in [0.15, 0.2) is 0 Å². The summed E-state index contributed by atoms with van der Waals surface area (Å²) in [5, 5.41) is 10.8. The van der Waals surface area contributed by atoms with Gasteiger partial charge in [-0.3, -0.25) is 4.90 Å². The molecule has 3 rings (SSSR count). The summed E-state index contributed by atoms with van der Waals surface area (Å²) in [7, 11) is 2.13. The molecule has 2 aliphatic rings. The van der Waals surface area contributed by atoms with Crippen molar-refractivity contribution in [2.75, 3.05) is 20.3 Å². The summed E-state index contributed by atoms with van der Waals surface area (Å²) in [6.45, 7) is 3.14. The second-order valence-electron chi connectivity index (χ2n) is 6.41. The zero-order valence-corrected chi connectivity index (χ0v) is 13.6. The molecule has 0 saturated heterocycles. The molecule has 0 amide bonds. The third-order valence-electron chi connectivity index (χ3n) is 5.06. The van der Waals surface area contributed by atoms with Gasteiger partial charge < -0.3 is 14.6 Å². The second-order valence-corrected chi connectivity index (χ2v) is 6.41. The molecule has 0 aromatic heterocycles. The van der Waals surface area contributed by atoms with Crippen LogP contribution in [0.1, 0.15) is 50.7 Å². The molecule has 1 aromatic rings. The highest BCUT2D eigenvalue weighted by Gasteiger charge is 2.35. The molecule has 0 spiro atoms. The maximum Gasteiger partial charge on any atom is 0.125 e. The first-order valence-corrected chi connectivity index (χ1v) is 8.50. The van der Waals surface area contributed by atoms with E-state index in [1.54, 1.807) is 0 Å². The van der Waals surface area contributed by atoms with Gasteiger partial charge in [0.1, 0.15) is 24.2 Å². The minimum Gasteiger partial charge on any atom is -0.494 e. The third-order valence-corrected chi connectivity index (χ3v) is 5.06.